The molecule has 88 valence electrons. The Morgan fingerprint density at radius 2 is 1.94 bits per heavy atom. The van der Waals surface area contributed by atoms with E-state index < -0.39 is 0 Å². The molecule has 2 rings (SSSR count). The predicted molar refractivity (Wildman–Crippen MR) is 71.2 cm³/mol. The SMILES string of the molecule is Bn1nnc2cc(C)c(C(C)(C)C)cc2c1=O. The van der Waals surface area contributed by atoms with E-state index in [4.69, 9.17) is 0 Å². The van der Waals surface area contributed by atoms with E-state index in [0.29, 0.717) is 10.9 Å². The van der Waals surface area contributed by atoms with Crippen molar-refractivity contribution in [2.45, 2.75) is 33.1 Å². The molecule has 1 aromatic carbocycles. The van der Waals surface area contributed by atoms with E-state index in [1.54, 1.807) is 7.98 Å². The molecular weight excluding hydrogens is 213 g/mol. The fourth-order valence-corrected chi connectivity index (χ4v) is 2.08. The molecule has 0 radical (unpaired) electrons. The third-order valence-corrected chi connectivity index (χ3v) is 2.96. The molecule has 0 aliphatic heterocycles. The van der Waals surface area contributed by atoms with Gasteiger partial charge in [-0.25, -0.2) is 0 Å². The van der Waals surface area contributed by atoms with Gasteiger partial charge in [0.25, 0.3) is 13.5 Å². The minimum atomic E-state index is -0.0968. The van der Waals surface area contributed by atoms with E-state index in [1.165, 1.54) is 10.2 Å². The van der Waals surface area contributed by atoms with Gasteiger partial charge in [0.1, 0.15) is 5.52 Å². The zero-order chi connectivity index (χ0) is 12.8. The first-order valence-electron chi connectivity index (χ1n) is 5.65. The minimum Gasteiger partial charge on any atom is -0.269 e. The van der Waals surface area contributed by atoms with Crippen LogP contribution in [0.4, 0.5) is 0 Å². The summed E-state index contributed by atoms with van der Waals surface area (Å²) < 4.78 is 1.27. The highest BCUT2D eigenvalue weighted by molar-refractivity contribution is 6.06. The van der Waals surface area contributed by atoms with Gasteiger partial charge < -0.3 is 0 Å². The molecule has 0 spiro atoms. The maximum atomic E-state index is 12.0. The van der Waals surface area contributed by atoms with Crippen LogP contribution in [0.2, 0.25) is 0 Å². The zero-order valence-electron chi connectivity index (χ0n) is 10.9. The highest BCUT2D eigenvalue weighted by Gasteiger charge is 2.18. The summed E-state index contributed by atoms with van der Waals surface area (Å²) in [6.07, 6.45) is 0. The van der Waals surface area contributed by atoms with Gasteiger partial charge in [-0.05, 0) is 35.6 Å². The molecule has 0 aliphatic carbocycles. The average molecular weight is 229 g/mol. The average Bonchev–Trinajstić information content (AvgIpc) is 2.21. The van der Waals surface area contributed by atoms with Gasteiger partial charge in [-0.3, -0.25) is 9.39 Å². The normalized spacial score (nSPS) is 12.0. The Morgan fingerprint density at radius 1 is 1.29 bits per heavy atom. The highest BCUT2D eigenvalue weighted by atomic mass is 16.1. The van der Waals surface area contributed by atoms with Crippen LogP contribution in [0.15, 0.2) is 16.9 Å². The van der Waals surface area contributed by atoms with E-state index in [2.05, 4.69) is 31.1 Å². The lowest BCUT2D eigenvalue weighted by molar-refractivity contribution is 0.587. The fourth-order valence-electron chi connectivity index (χ4n) is 2.08. The monoisotopic (exact) mass is 229 g/mol. The highest BCUT2D eigenvalue weighted by Crippen LogP contribution is 2.27. The largest absolute Gasteiger partial charge is 0.269 e. The molecule has 1 aromatic heterocycles. The van der Waals surface area contributed by atoms with Crippen molar-refractivity contribution < 1.29 is 0 Å². The zero-order valence-corrected chi connectivity index (χ0v) is 10.9. The summed E-state index contributed by atoms with van der Waals surface area (Å²) >= 11 is 0. The molecule has 0 amide bonds. The maximum absolute atomic E-state index is 12.0. The predicted octanol–water partition coefficient (Wildman–Crippen LogP) is 0.794. The van der Waals surface area contributed by atoms with Gasteiger partial charge in [0.15, 0.2) is 0 Å². The molecule has 0 N–H and O–H groups in total. The number of hydrogen-bond acceptors (Lipinski definition) is 3. The van der Waals surface area contributed by atoms with Crippen molar-refractivity contribution in [3.63, 3.8) is 0 Å². The quantitative estimate of drug-likeness (QED) is 0.627. The minimum absolute atomic E-state index is 0.0204. The lowest BCUT2D eigenvalue weighted by atomic mass is 9.83. The number of fused-ring (bicyclic) bond motifs is 1. The lowest BCUT2D eigenvalue weighted by Gasteiger charge is -2.22. The van der Waals surface area contributed by atoms with Crippen LogP contribution >= 0.6 is 0 Å². The van der Waals surface area contributed by atoms with E-state index in [1.807, 2.05) is 19.1 Å². The van der Waals surface area contributed by atoms with Gasteiger partial charge in [-0.1, -0.05) is 26.0 Å². The van der Waals surface area contributed by atoms with Gasteiger partial charge in [-0.2, -0.15) is 0 Å². The molecule has 1 heterocycles. The summed E-state index contributed by atoms with van der Waals surface area (Å²) in [6.45, 7) is 8.46. The van der Waals surface area contributed by atoms with Crippen LogP contribution in [-0.4, -0.2) is 22.9 Å². The third kappa shape index (κ3) is 1.97. The summed E-state index contributed by atoms with van der Waals surface area (Å²) in [5.41, 5.74) is 2.91. The van der Waals surface area contributed by atoms with Gasteiger partial charge in [0.05, 0.1) is 5.39 Å². The molecule has 0 saturated carbocycles. The number of rotatable bonds is 0. The van der Waals surface area contributed by atoms with Gasteiger partial charge in [0, 0.05) is 0 Å². The Balaban J connectivity index is 2.88. The molecule has 2 aromatic rings. The first kappa shape index (κ1) is 11.8. The summed E-state index contributed by atoms with van der Waals surface area (Å²) in [6, 6.07) is 3.88. The number of aryl methyl sites for hydroxylation is 1. The van der Waals surface area contributed by atoms with E-state index in [0.717, 1.165) is 5.56 Å². The van der Waals surface area contributed by atoms with Crippen molar-refractivity contribution in [3.05, 3.63) is 33.6 Å². The van der Waals surface area contributed by atoms with Crippen LogP contribution in [-0.2, 0) is 5.41 Å². The Labute approximate surface area is 101 Å². The van der Waals surface area contributed by atoms with Crippen LogP contribution in [0, 0.1) is 6.92 Å². The van der Waals surface area contributed by atoms with Gasteiger partial charge >= 0.3 is 0 Å². The second-order valence-electron chi connectivity index (χ2n) is 5.45. The molecule has 0 saturated heterocycles. The Morgan fingerprint density at radius 3 is 2.53 bits per heavy atom. The van der Waals surface area contributed by atoms with Crippen LogP contribution in [0.3, 0.4) is 0 Å². The third-order valence-electron chi connectivity index (χ3n) is 2.96. The summed E-state index contributed by atoms with van der Waals surface area (Å²) in [7, 11) is 1.62. The Bertz CT molecular complexity index is 640. The molecule has 0 fully saturated rings. The molecular formula is C12H16BN3O. The summed E-state index contributed by atoms with van der Waals surface area (Å²) in [5, 5.41) is 8.47. The van der Waals surface area contributed by atoms with Crippen molar-refractivity contribution in [2.24, 2.45) is 0 Å². The Hall–Kier alpha value is -1.65. The van der Waals surface area contributed by atoms with Crippen molar-refractivity contribution in [3.8, 4) is 0 Å². The number of hydrogen-bond donors (Lipinski definition) is 0. The molecule has 0 bridgehead atoms. The molecule has 17 heavy (non-hydrogen) atoms. The van der Waals surface area contributed by atoms with Crippen molar-refractivity contribution in [1.29, 1.82) is 0 Å². The molecule has 0 unspecified atom stereocenters. The van der Waals surface area contributed by atoms with E-state index in [9.17, 15) is 4.79 Å². The fraction of sp³-hybridized carbons (Fsp3) is 0.417. The molecule has 4 nitrogen and oxygen atoms in total. The number of aromatic nitrogens is 3. The van der Waals surface area contributed by atoms with Gasteiger partial charge in [0.2, 0.25) is 0 Å². The number of nitrogens with zero attached hydrogens (tertiary/aromatic N) is 3. The second-order valence-corrected chi connectivity index (χ2v) is 5.45. The van der Waals surface area contributed by atoms with Crippen molar-refractivity contribution in [1.82, 2.24) is 14.9 Å². The van der Waals surface area contributed by atoms with Crippen LogP contribution in [0.1, 0.15) is 31.9 Å². The van der Waals surface area contributed by atoms with Crippen molar-refractivity contribution >= 4 is 18.9 Å². The van der Waals surface area contributed by atoms with Gasteiger partial charge in [-0.15, -0.1) is 5.10 Å². The van der Waals surface area contributed by atoms with E-state index in [-0.39, 0.29) is 11.0 Å². The number of benzene rings is 1. The standard InChI is InChI=1S/C12H16BN3O/c1-7-5-10-8(6-9(7)12(2,3)4)11(17)16(13)15-14-10/h5-6H,13H2,1-4H3. The van der Waals surface area contributed by atoms with Crippen LogP contribution < -0.4 is 5.56 Å². The second kappa shape index (κ2) is 3.69. The van der Waals surface area contributed by atoms with E-state index >= 15 is 0 Å². The summed E-state index contributed by atoms with van der Waals surface area (Å²) in [5.74, 6) is 0. The smallest absolute Gasteiger partial charge is 0.264 e. The first-order valence-corrected chi connectivity index (χ1v) is 5.65. The van der Waals surface area contributed by atoms with Crippen molar-refractivity contribution in [2.75, 3.05) is 0 Å². The summed E-state index contributed by atoms with van der Waals surface area (Å²) in [4.78, 5) is 12.0. The molecule has 5 heteroatoms. The van der Waals surface area contributed by atoms with Crippen LogP contribution in [0.5, 0.6) is 0 Å². The first-order chi connectivity index (χ1) is 7.80. The van der Waals surface area contributed by atoms with Crippen LogP contribution in [0.25, 0.3) is 10.9 Å². The Kier molecular flexibility index (Phi) is 2.56. The topological polar surface area (TPSA) is 47.8 Å². The maximum Gasteiger partial charge on any atom is 0.264 e. The molecule has 0 atom stereocenters. The lowest BCUT2D eigenvalue weighted by Crippen LogP contribution is -2.23. The molecule has 0 aliphatic rings.